The summed E-state index contributed by atoms with van der Waals surface area (Å²) in [7, 11) is 0. The SMILES string of the molecule is C=C=C(Cl)Cl. The molecule has 0 heterocycles. The molecule has 0 radical (unpaired) electrons. The highest BCUT2D eigenvalue weighted by molar-refractivity contribution is 6.55. The lowest BCUT2D eigenvalue weighted by Crippen LogP contribution is -1.30. The molecule has 0 aliphatic carbocycles. The molecular formula is C3H2Cl2. The average Bonchev–Trinajstić information content (AvgIpc) is 1.38. The molecule has 0 aliphatic heterocycles. The van der Waals surface area contributed by atoms with Crippen molar-refractivity contribution in [2.45, 2.75) is 0 Å². The molecule has 0 fully saturated rings. The highest BCUT2D eigenvalue weighted by Gasteiger charge is 1.66. The molecule has 0 aliphatic rings. The summed E-state index contributed by atoms with van der Waals surface area (Å²) in [4.78, 5) is 0. The second kappa shape index (κ2) is 2.34. The number of rotatable bonds is 0. The van der Waals surface area contributed by atoms with Crippen molar-refractivity contribution < 1.29 is 0 Å². The van der Waals surface area contributed by atoms with Crippen LogP contribution in [0.4, 0.5) is 0 Å². The number of hydrogen-bond acceptors (Lipinski definition) is 0. The summed E-state index contributed by atoms with van der Waals surface area (Å²) in [6.07, 6.45) is 0. The summed E-state index contributed by atoms with van der Waals surface area (Å²) in [5.41, 5.74) is 2.23. The van der Waals surface area contributed by atoms with Crippen molar-refractivity contribution in [2.75, 3.05) is 0 Å². The van der Waals surface area contributed by atoms with E-state index in [2.05, 4.69) is 12.3 Å². The molecular weight excluding hydrogens is 107 g/mol. The molecule has 0 aromatic carbocycles. The van der Waals surface area contributed by atoms with E-state index in [0.29, 0.717) is 0 Å². The van der Waals surface area contributed by atoms with Crippen molar-refractivity contribution in [3.05, 3.63) is 16.8 Å². The lowest BCUT2D eigenvalue weighted by atomic mass is 11.0. The summed E-state index contributed by atoms with van der Waals surface area (Å²) >= 11 is 9.94. The molecule has 0 amide bonds. The Morgan fingerprint density at radius 3 is 1.80 bits per heavy atom. The maximum absolute atomic E-state index is 4.97. The van der Waals surface area contributed by atoms with Gasteiger partial charge in [0.15, 0.2) is 0 Å². The Bertz CT molecular complexity index is 65.0. The number of hydrogen-bond donors (Lipinski definition) is 0. The Balaban J connectivity index is 3.60. The van der Waals surface area contributed by atoms with E-state index in [1.54, 1.807) is 0 Å². The van der Waals surface area contributed by atoms with E-state index in [1.165, 1.54) is 0 Å². The molecule has 0 saturated heterocycles. The largest absolute Gasteiger partial charge is 0.148 e. The van der Waals surface area contributed by atoms with Crippen LogP contribution in [0.3, 0.4) is 0 Å². The topological polar surface area (TPSA) is 0 Å². The van der Waals surface area contributed by atoms with Crippen LogP contribution in [0.5, 0.6) is 0 Å². The molecule has 2 heteroatoms. The van der Waals surface area contributed by atoms with Gasteiger partial charge in [-0.1, -0.05) is 35.5 Å². The van der Waals surface area contributed by atoms with E-state index in [9.17, 15) is 0 Å². The first kappa shape index (κ1) is 5.10. The fourth-order valence-corrected chi connectivity index (χ4v) is 0. The maximum Gasteiger partial charge on any atom is 0.148 e. The summed E-state index contributed by atoms with van der Waals surface area (Å²) in [6, 6.07) is 0. The summed E-state index contributed by atoms with van der Waals surface area (Å²) in [5.74, 6) is 0. The molecule has 0 spiro atoms. The van der Waals surface area contributed by atoms with Gasteiger partial charge >= 0.3 is 0 Å². The fourth-order valence-electron chi connectivity index (χ4n) is 0. The van der Waals surface area contributed by atoms with Gasteiger partial charge in [0, 0.05) is 0 Å². The van der Waals surface area contributed by atoms with E-state index in [0.717, 1.165) is 0 Å². The summed E-state index contributed by atoms with van der Waals surface area (Å²) in [6.45, 7) is 3.13. The number of halogens is 2. The molecule has 0 aromatic rings. The van der Waals surface area contributed by atoms with Gasteiger partial charge in [-0.2, -0.15) is 0 Å². The van der Waals surface area contributed by atoms with Gasteiger partial charge in [0.05, 0.1) is 0 Å². The quantitative estimate of drug-likeness (QED) is 0.417. The van der Waals surface area contributed by atoms with Gasteiger partial charge in [0.2, 0.25) is 0 Å². The van der Waals surface area contributed by atoms with Crippen molar-refractivity contribution >= 4 is 23.2 Å². The van der Waals surface area contributed by atoms with Crippen LogP contribution >= 0.6 is 23.2 Å². The Hall–Kier alpha value is 0.100. The van der Waals surface area contributed by atoms with Crippen LogP contribution in [0.1, 0.15) is 0 Å². The van der Waals surface area contributed by atoms with Crippen LogP contribution in [0.15, 0.2) is 16.8 Å². The van der Waals surface area contributed by atoms with Crippen molar-refractivity contribution in [3.63, 3.8) is 0 Å². The summed E-state index contributed by atoms with van der Waals surface area (Å²) in [5, 5.41) is 0. The Labute approximate surface area is 40.7 Å². The van der Waals surface area contributed by atoms with Crippen LogP contribution in [0.2, 0.25) is 0 Å². The van der Waals surface area contributed by atoms with Crippen LogP contribution in [0, 0.1) is 0 Å². The van der Waals surface area contributed by atoms with Crippen molar-refractivity contribution in [1.29, 1.82) is 0 Å². The van der Waals surface area contributed by atoms with Crippen LogP contribution in [-0.2, 0) is 0 Å². The third-order valence-electron chi connectivity index (χ3n) is 0.134. The van der Waals surface area contributed by atoms with Gasteiger partial charge in [-0.05, 0) is 0 Å². The Morgan fingerprint density at radius 1 is 1.60 bits per heavy atom. The van der Waals surface area contributed by atoms with Crippen molar-refractivity contribution in [2.24, 2.45) is 0 Å². The molecule has 0 unspecified atom stereocenters. The smallest absolute Gasteiger partial charge is 0.0963 e. The van der Waals surface area contributed by atoms with E-state index in [-0.39, 0.29) is 4.49 Å². The fraction of sp³-hybridized carbons (Fsp3) is 0. The van der Waals surface area contributed by atoms with E-state index < -0.39 is 0 Å². The monoisotopic (exact) mass is 108 g/mol. The third kappa shape index (κ3) is 4.10. The van der Waals surface area contributed by atoms with Crippen LogP contribution in [0.25, 0.3) is 0 Å². The summed E-state index contributed by atoms with van der Waals surface area (Å²) < 4.78 is 0.0880. The van der Waals surface area contributed by atoms with Crippen LogP contribution in [-0.4, -0.2) is 0 Å². The van der Waals surface area contributed by atoms with E-state index in [1.807, 2.05) is 0 Å². The first-order valence-electron chi connectivity index (χ1n) is 0.982. The minimum atomic E-state index is 0.0880. The molecule has 0 rings (SSSR count). The van der Waals surface area contributed by atoms with Gasteiger partial charge in [0.1, 0.15) is 4.49 Å². The predicted molar refractivity (Wildman–Crippen MR) is 24.4 cm³/mol. The molecule has 0 nitrogen and oxygen atoms in total. The lowest BCUT2D eigenvalue weighted by molar-refractivity contribution is 2.31. The van der Waals surface area contributed by atoms with Gasteiger partial charge in [-0.25, -0.2) is 0 Å². The minimum Gasteiger partial charge on any atom is -0.0963 e. The third-order valence-corrected chi connectivity index (χ3v) is 0.401. The molecule has 0 aromatic heterocycles. The molecule has 0 saturated carbocycles. The standard InChI is InChI=1S/C3H2Cl2/c1-2-3(4)5/h1H2. The zero-order valence-corrected chi connectivity index (χ0v) is 3.97. The lowest BCUT2D eigenvalue weighted by Gasteiger charge is -1.59. The second-order valence-corrected chi connectivity index (χ2v) is 1.39. The second-order valence-electron chi connectivity index (χ2n) is 0.437. The van der Waals surface area contributed by atoms with E-state index >= 15 is 0 Å². The Kier molecular flexibility index (Phi) is 2.39. The van der Waals surface area contributed by atoms with Gasteiger partial charge < -0.3 is 0 Å². The van der Waals surface area contributed by atoms with E-state index in [4.69, 9.17) is 23.2 Å². The average molecular weight is 109 g/mol. The molecule has 28 valence electrons. The molecule has 0 bridgehead atoms. The van der Waals surface area contributed by atoms with Crippen molar-refractivity contribution in [3.8, 4) is 0 Å². The highest BCUT2D eigenvalue weighted by atomic mass is 35.5. The minimum absolute atomic E-state index is 0.0880. The normalized spacial score (nSPS) is 6.00. The van der Waals surface area contributed by atoms with Crippen molar-refractivity contribution in [1.82, 2.24) is 0 Å². The van der Waals surface area contributed by atoms with Gasteiger partial charge in [-0.3, -0.25) is 0 Å². The molecule has 5 heavy (non-hydrogen) atoms. The maximum atomic E-state index is 4.97. The predicted octanol–water partition coefficient (Wildman–Crippen LogP) is 2.09. The van der Waals surface area contributed by atoms with Gasteiger partial charge in [0.25, 0.3) is 0 Å². The van der Waals surface area contributed by atoms with Crippen LogP contribution < -0.4 is 0 Å². The first-order chi connectivity index (χ1) is 2.27. The molecule has 0 N–H and O–H groups in total. The first-order valence-corrected chi connectivity index (χ1v) is 1.74. The van der Waals surface area contributed by atoms with Gasteiger partial charge in [-0.15, -0.1) is 0 Å². The Morgan fingerprint density at radius 2 is 1.80 bits per heavy atom. The zero-order valence-electron chi connectivity index (χ0n) is 2.46. The molecule has 0 atom stereocenters. The zero-order chi connectivity index (χ0) is 4.28. The highest BCUT2D eigenvalue weighted by Crippen LogP contribution is 2.00.